The van der Waals surface area contributed by atoms with Crippen LogP contribution < -0.4 is 0 Å². The minimum Gasteiger partial charge on any atom is -0.377 e. The molecule has 0 aliphatic carbocycles. The Labute approximate surface area is 147 Å². The molecule has 6 nitrogen and oxygen atoms in total. The summed E-state index contributed by atoms with van der Waals surface area (Å²) in [6.07, 6.45) is 5.29. The standard InChI is InChI=1S/C17H27N3O3S/c1-19(2)16(21)11-22-13-17-5-3-8-23-14(17)4-7-20(12-17)10-15-18-6-9-24-15/h6,9,14H,3-5,7-8,10-13H2,1-2H3/t14-,17-/m0/s1. The second-order valence-corrected chi connectivity index (χ2v) is 8.01. The molecule has 0 unspecified atom stereocenters. The van der Waals surface area contributed by atoms with E-state index in [2.05, 4.69) is 9.88 Å². The van der Waals surface area contributed by atoms with E-state index in [-0.39, 0.29) is 24.0 Å². The number of nitrogens with zero attached hydrogens (tertiary/aromatic N) is 3. The van der Waals surface area contributed by atoms with E-state index in [4.69, 9.17) is 9.47 Å². The first-order valence-electron chi connectivity index (χ1n) is 8.59. The highest BCUT2D eigenvalue weighted by Gasteiger charge is 2.46. The summed E-state index contributed by atoms with van der Waals surface area (Å²) >= 11 is 1.70. The number of carbonyl (C=O) groups excluding carboxylic acids is 1. The summed E-state index contributed by atoms with van der Waals surface area (Å²) in [5, 5.41) is 3.18. The maximum Gasteiger partial charge on any atom is 0.248 e. The predicted octanol–water partition coefficient (Wildman–Crippen LogP) is 1.62. The monoisotopic (exact) mass is 353 g/mol. The van der Waals surface area contributed by atoms with Gasteiger partial charge in [-0.2, -0.15) is 0 Å². The van der Waals surface area contributed by atoms with Crippen molar-refractivity contribution in [2.45, 2.75) is 31.9 Å². The van der Waals surface area contributed by atoms with Crippen molar-refractivity contribution in [1.82, 2.24) is 14.8 Å². The zero-order valence-corrected chi connectivity index (χ0v) is 15.4. The van der Waals surface area contributed by atoms with Crippen LogP contribution in [0.3, 0.4) is 0 Å². The molecule has 2 fully saturated rings. The predicted molar refractivity (Wildman–Crippen MR) is 92.9 cm³/mol. The van der Waals surface area contributed by atoms with Gasteiger partial charge in [0.1, 0.15) is 11.6 Å². The largest absolute Gasteiger partial charge is 0.377 e. The fraction of sp³-hybridized carbons (Fsp3) is 0.765. The van der Waals surface area contributed by atoms with Gasteiger partial charge in [0, 0.05) is 50.8 Å². The first-order chi connectivity index (χ1) is 11.6. The Hall–Kier alpha value is -1.02. The SMILES string of the molecule is CN(C)C(=O)COC[C@@]12CCCO[C@H]1CCN(Cc1nccs1)C2. The third-order valence-corrected chi connectivity index (χ3v) is 5.79. The molecule has 0 saturated carbocycles. The van der Waals surface area contributed by atoms with Gasteiger partial charge in [0.2, 0.25) is 5.91 Å². The van der Waals surface area contributed by atoms with Gasteiger partial charge in [-0.1, -0.05) is 0 Å². The van der Waals surface area contributed by atoms with Gasteiger partial charge in [0.15, 0.2) is 0 Å². The lowest BCUT2D eigenvalue weighted by Gasteiger charge is -2.50. The number of hydrogen-bond acceptors (Lipinski definition) is 6. The van der Waals surface area contributed by atoms with Crippen LogP contribution in [0.1, 0.15) is 24.3 Å². The lowest BCUT2D eigenvalue weighted by atomic mass is 9.73. The van der Waals surface area contributed by atoms with Crippen LogP contribution >= 0.6 is 11.3 Å². The molecule has 2 atom stereocenters. The molecule has 0 N–H and O–H groups in total. The highest BCUT2D eigenvalue weighted by molar-refractivity contribution is 7.09. The number of thiazole rings is 1. The molecule has 7 heteroatoms. The summed E-state index contributed by atoms with van der Waals surface area (Å²) in [6, 6.07) is 0. The third-order valence-electron chi connectivity index (χ3n) is 5.02. The van der Waals surface area contributed by atoms with Crippen LogP contribution in [0.5, 0.6) is 0 Å². The smallest absolute Gasteiger partial charge is 0.248 e. The van der Waals surface area contributed by atoms with Crippen molar-refractivity contribution in [3.63, 3.8) is 0 Å². The van der Waals surface area contributed by atoms with Crippen molar-refractivity contribution < 1.29 is 14.3 Å². The summed E-state index contributed by atoms with van der Waals surface area (Å²) in [5.41, 5.74) is 0.000350. The Morgan fingerprint density at radius 2 is 2.46 bits per heavy atom. The fourth-order valence-corrected chi connectivity index (χ4v) is 4.38. The zero-order chi connectivity index (χ0) is 17.0. The van der Waals surface area contributed by atoms with E-state index < -0.39 is 0 Å². The Kier molecular flexibility index (Phi) is 5.86. The molecule has 3 heterocycles. The van der Waals surface area contributed by atoms with Crippen LogP contribution in [-0.2, 0) is 20.8 Å². The molecular formula is C17H27N3O3S. The Morgan fingerprint density at radius 3 is 3.21 bits per heavy atom. The number of ether oxygens (including phenoxy) is 2. The molecule has 0 spiro atoms. The number of amides is 1. The van der Waals surface area contributed by atoms with Crippen LogP contribution in [0.4, 0.5) is 0 Å². The fourth-order valence-electron chi connectivity index (χ4n) is 3.72. The first-order valence-corrected chi connectivity index (χ1v) is 9.47. The maximum absolute atomic E-state index is 11.8. The van der Waals surface area contributed by atoms with Gasteiger partial charge in [0.05, 0.1) is 19.3 Å². The maximum atomic E-state index is 11.8. The highest BCUT2D eigenvalue weighted by atomic mass is 32.1. The van der Waals surface area contributed by atoms with E-state index in [0.29, 0.717) is 6.61 Å². The molecular weight excluding hydrogens is 326 g/mol. The van der Waals surface area contributed by atoms with Crippen molar-refractivity contribution in [2.75, 3.05) is 47.0 Å². The Bertz CT molecular complexity index is 537. The zero-order valence-electron chi connectivity index (χ0n) is 14.6. The van der Waals surface area contributed by atoms with Crippen molar-refractivity contribution in [2.24, 2.45) is 5.41 Å². The number of likely N-dealkylation sites (tertiary alicyclic amines) is 1. The van der Waals surface area contributed by atoms with Gasteiger partial charge in [-0.15, -0.1) is 11.3 Å². The van der Waals surface area contributed by atoms with Crippen molar-refractivity contribution in [3.05, 3.63) is 16.6 Å². The van der Waals surface area contributed by atoms with Crippen molar-refractivity contribution in [1.29, 1.82) is 0 Å². The number of piperidine rings is 1. The van der Waals surface area contributed by atoms with Gasteiger partial charge in [-0.25, -0.2) is 4.98 Å². The molecule has 2 saturated heterocycles. The number of fused-ring (bicyclic) bond motifs is 1. The van der Waals surface area contributed by atoms with E-state index in [1.807, 2.05) is 11.6 Å². The number of likely N-dealkylation sites (N-methyl/N-ethyl adjacent to an activating group) is 1. The second kappa shape index (κ2) is 7.91. The van der Waals surface area contributed by atoms with E-state index >= 15 is 0 Å². The molecule has 1 aromatic rings. The van der Waals surface area contributed by atoms with Gasteiger partial charge < -0.3 is 14.4 Å². The lowest BCUT2D eigenvalue weighted by molar-refractivity contribution is -0.160. The first kappa shape index (κ1) is 17.8. The third kappa shape index (κ3) is 4.14. The minimum atomic E-state index is 0.000350. The Morgan fingerprint density at radius 1 is 1.58 bits per heavy atom. The summed E-state index contributed by atoms with van der Waals surface area (Å²) in [4.78, 5) is 20.2. The number of aromatic nitrogens is 1. The highest BCUT2D eigenvalue weighted by Crippen LogP contribution is 2.40. The molecule has 1 aromatic heterocycles. The van der Waals surface area contributed by atoms with Crippen LogP contribution in [0.15, 0.2) is 11.6 Å². The van der Waals surface area contributed by atoms with Crippen LogP contribution in [0.2, 0.25) is 0 Å². The topological polar surface area (TPSA) is 54.9 Å². The van der Waals surface area contributed by atoms with Gasteiger partial charge in [-0.3, -0.25) is 9.69 Å². The van der Waals surface area contributed by atoms with Crippen LogP contribution in [-0.4, -0.2) is 73.8 Å². The van der Waals surface area contributed by atoms with Gasteiger partial charge >= 0.3 is 0 Å². The minimum absolute atomic E-state index is 0.000350. The average Bonchev–Trinajstić information content (AvgIpc) is 3.07. The van der Waals surface area contributed by atoms with E-state index in [1.165, 1.54) is 0 Å². The van der Waals surface area contributed by atoms with Gasteiger partial charge in [-0.05, 0) is 19.3 Å². The van der Waals surface area contributed by atoms with E-state index in [1.54, 1.807) is 30.3 Å². The molecule has 2 aliphatic heterocycles. The summed E-state index contributed by atoms with van der Waals surface area (Å²) < 4.78 is 11.9. The molecule has 134 valence electrons. The van der Waals surface area contributed by atoms with Gasteiger partial charge in [0.25, 0.3) is 0 Å². The quantitative estimate of drug-likeness (QED) is 0.778. The summed E-state index contributed by atoms with van der Waals surface area (Å²) in [6.45, 7) is 4.45. The number of carbonyl (C=O) groups is 1. The molecule has 3 rings (SSSR count). The molecule has 24 heavy (non-hydrogen) atoms. The molecule has 0 bridgehead atoms. The molecule has 0 aromatic carbocycles. The summed E-state index contributed by atoms with van der Waals surface area (Å²) in [7, 11) is 3.51. The number of rotatable bonds is 6. The average molecular weight is 353 g/mol. The van der Waals surface area contributed by atoms with E-state index in [9.17, 15) is 4.79 Å². The van der Waals surface area contributed by atoms with Crippen LogP contribution in [0, 0.1) is 5.41 Å². The van der Waals surface area contributed by atoms with E-state index in [0.717, 1.165) is 50.5 Å². The summed E-state index contributed by atoms with van der Waals surface area (Å²) in [5.74, 6) is 0.00938. The van der Waals surface area contributed by atoms with Crippen molar-refractivity contribution in [3.8, 4) is 0 Å². The molecule has 1 amide bonds. The Balaban J connectivity index is 1.62. The second-order valence-electron chi connectivity index (χ2n) is 7.03. The molecule has 0 radical (unpaired) electrons. The lowest BCUT2D eigenvalue weighted by Crippen LogP contribution is -2.56. The van der Waals surface area contributed by atoms with Crippen LogP contribution in [0.25, 0.3) is 0 Å². The normalized spacial score (nSPS) is 27.7. The number of hydrogen-bond donors (Lipinski definition) is 0. The van der Waals surface area contributed by atoms with Crippen molar-refractivity contribution >= 4 is 17.2 Å². The molecule has 2 aliphatic rings.